The second-order valence-electron chi connectivity index (χ2n) is 7.14. The van der Waals surface area contributed by atoms with E-state index in [2.05, 4.69) is 20.8 Å². The van der Waals surface area contributed by atoms with E-state index < -0.39 is 11.8 Å². The van der Waals surface area contributed by atoms with Crippen molar-refractivity contribution < 1.29 is 9.59 Å². The Kier molecular flexibility index (Phi) is 3.99. The highest BCUT2D eigenvalue weighted by atomic mass is 16.2. The van der Waals surface area contributed by atoms with E-state index in [-0.39, 0.29) is 22.0 Å². The molecule has 0 aliphatic heterocycles. The van der Waals surface area contributed by atoms with Gasteiger partial charge in [0.2, 0.25) is 11.8 Å². The van der Waals surface area contributed by atoms with Gasteiger partial charge >= 0.3 is 0 Å². The van der Waals surface area contributed by atoms with E-state index in [4.69, 9.17) is 11.5 Å². The summed E-state index contributed by atoms with van der Waals surface area (Å²) in [5.41, 5.74) is 12.6. The molecule has 0 aliphatic rings. The summed E-state index contributed by atoms with van der Waals surface area (Å²) in [7, 11) is 0. The van der Waals surface area contributed by atoms with Crippen molar-refractivity contribution >= 4 is 11.8 Å². The molecule has 0 spiro atoms. The van der Waals surface area contributed by atoms with Crippen molar-refractivity contribution in [1.82, 2.24) is 0 Å². The van der Waals surface area contributed by atoms with Crippen LogP contribution in [0.25, 0.3) is 0 Å². The molecular weight excluding hydrogens is 252 g/mol. The van der Waals surface area contributed by atoms with Gasteiger partial charge in [-0.1, -0.05) is 47.6 Å². The Morgan fingerprint density at radius 3 is 1.65 bits per heavy atom. The predicted molar refractivity (Wildman–Crippen MR) is 80.9 cm³/mol. The van der Waals surface area contributed by atoms with E-state index in [0.29, 0.717) is 0 Å². The van der Waals surface area contributed by atoms with Gasteiger partial charge in [-0.2, -0.15) is 0 Å². The fourth-order valence-electron chi connectivity index (χ4n) is 2.47. The third-order valence-corrected chi connectivity index (χ3v) is 3.28. The number of primary amides is 2. The molecule has 0 bridgehead atoms. The van der Waals surface area contributed by atoms with E-state index in [1.165, 1.54) is 0 Å². The normalized spacial score (nSPS) is 12.3. The minimum atomic E-state index is -0.634. The van der Waals surface area contributed by atoms with Gasteiger partial charge in [0.25, 0.3) is 0 Å². The predicted octanol–water partition coefficient (Wildman–Crippen LogP) is 2.48. The average molecular weight is 276 g/mol. The van der Waals surface area contributed by atoms with E-state index in [1.54, 1.807) is 6.07 Å². The maximum Gasteiger partial charge on any atom is 0.249 e. The minimum absolute atomic E-state index is 0.164. The van der Waals surface area contributed by atoms with Crippen molar-refractivity contribution in [2.45, 2.75) is 52.4 Å². The van der Waals surface area contributed by atoms with Crippen molar-refractivity contribution in [3.05, 3.63) is 34.4 Å². The number of hydrogen-bond acceptors (Lipinski definition) is 2. The summed E-state index contributed by atoms with van der Waals surface area (Å²) in [6.45, 7) is 12.2. The molecule has 0 aliphatic carbocycles. The third-order valence-electron chi connectivity index (χ3n) is 3.28. The Labute approximate surface area is 120 Å². The molecule has 4 N–H and O–H groups in total. The zero-order valence-corrected chi connectivity index (χ0v) is 13.1. The summed E-state index contributed by atoms with van der Waals surface area (Å²) >= 11 is 0. The first-order chi connectivity index (χ1) is 8.87. The van der Waals surface area contributed by atoms with Crippen molar-refractivity contribution in [2.24, 2.45) is 11.5 Å². The number of amides is 2. The molecule has 1 aromatic carbocycles. The largest absolute Gasteiger partial charge is 0.366 e. The van der Waals surface area contributed by atoms with E-state index >= 15 is 0 Å². The van der Waals surface area contributed by atoms with Crippen LogP contribution in [-0.2, 0) is 10.8 Å². The molecule has 20 heavy (non-hydrogen) atoms. The lowest BCUT2D eigenvalue weighted by Crippen LogP contribution is -2.30. The molecule has 0 aromatic heterocycles. The van der Waals surface area contributed by atoms with Crippen LogP contribution < -0.4 is 11.5 Å². The second-order valence-corrected chi connectivity index (χ2v) is 7.14. The topological polar surface area (TPSA) is 86.2 Å². The number of carbonyl (C=O) groups is 2. The summed E-state index contributed by atoms with van der Waals surface area (Å²) in [6.07, 6.45) is 0. The van der Waals surface area contributed by atoms with Gasteiger partial charge in [0, 0.05) is 0 Å². The quantitative estimate of drug-likeness (QED) is 0.869. The van der Waals surface area contributed by atoms with Crippen molar-refractivity contribution in [3.8, 4) is 0 Å². The first-order valence-electron chi connectivity index (χ1n) is 6.65. The molecule has 0 saturated heterocycles. The number of carbonyl (C=O) groups excluding carboxylic acids is 2. The summed E-state index contributed by atoms with van der Waals surface area (Å²) in [4.78, 5) is 23.5. The highest BCUT2D eigenvalue weighted by Gasteiger charge is 2.31. The number of nitrogens with two attached hydrogens (primary N) is 2. The van der Waals surface area contributed by atoms with Gasteiger partial charge in [0.15, 0.2) is 0 Å². The maximum absolute atomic E-state index is 11.9. The highest BCUT2D eigenvalue weighted by Crippen LogP contribution is 2.37. The average Bonchev–Trinajstić information content (AvgIpc) is 2.24. The standard InChI is InChI=1S/C16H24N2O2/c1-15(2,3)10-8-7-9(13(17)19)11(14(18)20)12(10)16(4,5)6/h7-8H,1-6H3,(H2,17,19)(H2,18,20). The van der Waals surface area contributed by atoms with Crippen molar-refractivity contribution in [3.63, 3.8) is 0 Å². The zero-order valence-electron chi connectivity index (χ0n) is 13.1. The van der Waals surface area contributed by atoms with Crippen LogP contribution >= 0.6 is 0 Å². The molecular formula is C16H24N2O2. The van der Waals surface area contributed by atoms with Crippen LogP contribution in [0.4, 0.5) is 0 Å². The fourth-order valence-corrected chi connectivity index (χ4v) is 2.47. The molecule has 2 amide bonds. The van der Waals surface area contributed by atoms with Crippen LogP contribution in [0.3, 0.4) is 0 Å². The van der Waals surface area contributed by atoms with Crippen LogP contribution in [0.15, 0.2) is 12.1 Å². The Balaban J connectivity index is 3.91. The highest BCUT2D eigenvalue weighted by molar-refractivity contribution is 6.07. The second kappa shape index (κ2) is 4.93. The lowest BCUT2D eigenvalue weighted by atomic mass is 9.72. The number of benzene rings is 1. The van der Waals surface area contributed by atoms with Gasteiger partial charge in [-0.25, -0.2) is 0 Å². The van der Waals surface area contributed by atoms with E-state index in [1.807, 2.05) is 26.8 Å². The van der Waals surface area contributed by atoms with E-state index in [0.717, 1.165) is 11.1 Å². The van der Waals surface area contributed by atoms with Gasteiger partial charge in [0.05, 0.1) is 11.1 Å². The molecule has 0 atom stereocenters. The van der Waals surface area contributed by atoms with Crippen LogP contribution in [0.2, 0.25) is 0 Å². The SMILES string of the molecule is CC(C)(C)c1ccc(C(N)=O)c(C(N)=O)c1C(C)(C)C. The molecule has 1 aromatic rings. The molecule has 110 valence electrons. The lowest BCUT2D eigenvalue weighted by molar-refractivity contribution is 0.0965. The molecule has 0 unspecified atom stereocenters. The Hall–Kier alpha value is -1.84. The summed E-state index contributed by atoms with van der Waals surface area (Å²) in [5.74, 6) is -1.25. The lowest BCUT2D eigenvalue weighted by Gasteiger charge is -2.32. The molecule has 4 heteroatoms. The van der Waals surface area contributed by atoms with Crippen LogP contribution in [0.5, 0.6) is 0 Å². The molecule has 1 rings (SSSR count). The monoisotopic (exact) mass is 276 g/mol. The van der Waals surface area contributed by atoms with Crippen molar-refractivity contribution in [1.29, 1.82) is 0 Å². The van der Waals surface area contributed by atoms with Gasteiger partial charge in [-0.3, -0.25) is 9.59 Å². The zero-order chi connectivity index (χ0) is 15.9. The first-order valence-corrected chi connectivity index (χ1v) is 6.65. The van der Waals surface area contributed by atoms with Gasteiger partial charge < -0.3 is 11.5 Å². The maximum atomic E-state index is 11.9. The minimum Gasteiger partial charge on any atom is -0.366 e. The number of rotatable bonds is 2. The Bertz CT molecular complexity index is 561. The van der Waals surface area contributed by atoms with E-state index in [9.17, 15) is 9.59 Å². The smallest absolute Gasteiger partial charge is 0.249 e. The van der Waals surface area contributed by atoms with Crippen LogP contribution in [0.1, 0.15) is 73.4 Å². The van der Waals surface area contributed by atoms with Crippen molar-refractivity contribution in [2.75, 3.05) is 0 Å². The molecule has 0 saturated carbocycles. The van der Waals surface area contributed by atoms with Crippen LogP contribution in [-0.4, -0.2) is 11.8 Å². The molecule has 4 nitrogen and oxygen atoms in total. The van der Waals surface area contributed by atoms with Gasteiger partial charge in [-0.15, -0.1) is 0 Å². The first kappa shape index (κ1) is 16.2. The summed E-state index contributed by atoms with van der Waals surface area (Å²) < 4.78 is 0. The fraction of sp³-hybridized carbons (Fsp3) is 0.500. The number of hydrogen-bond donors (Lipinski definition) is 2. The third kappa shape index (κ3) is 3.00. The molecule has 0 heterocycles. The molecule has 0 fully saturated rings. The van der Waals surface area contributed by atoms with Gasteiger partial charge in [-0.05, 0) is 28.0 Å². The van der Waals surface area contributed by atoms with Crippen LogP contribution in [0, 0.1) is 0 Å². The molecule has 0 radical (unpaired) electrons. The van der Waals surface area contributed by atoms with Gasteiger partial charge in [0.1, 0.15) is 0 Å². The Morgan fingerprint density at radius 2 is 1.35 bits per heavy atom. The summed E-state index contributed by atoms with van der Waals surface area (Å²) in [6, 6.07) is 3.46. The summed E-state index contributed by atoms with van der Waals surface area (Å²) in [5, 5.41) is 0. The Morgan fingerprint density at radius 1 is 0.850 bits per heavy atom.